The van der Waals surface area contributed by atoms with Gasteiger partial charge >= 0.3 is 0 Å². The molecule has 0 aliphatic carbocycles. The SMILES string of the molecule is CC(N)CN(C)C(=O)CS(C)(=O)=O. The first kappa shape index (κ1) is 12.4. The summed E-state index contributed by atoms with van der Waals surface area (Å²) in [5, 5.41) is 0. The van der Waals surface area contributed by atoms with E-state index in [4.69, 9.17) is 5.73 Å². The third kappa shape index (κ3) is 6.53. The second kappa shape index (κ2) is 4.57. The van der Waals surface area contributed by atoms with Gasteiger partial charge in [0, 0.05) is 25.9 Å². The molecule has 78 valence electrons. The van der Waals surface area contributed by atoms with Crippen LogP contribution in [0, 0.1) is 0 Å². The minimum absolute atomic E-state index is 0.145. The molecule has 0 aromatic rings. The molecule has 0 heterocycles. The van der Waals surface area contributed by atoms with Crippen LogP contribution in [0.2, 0.25) is 0 Å². The third-order valence-electron chi connectivity index (χ3n) is 1.37. The maximum absolute atomic E-state index is 11.2. The molecule has 0 saturated heterocycles. The van der Waals surface area contributed by atoms with Gasteiger partial charge in [-0.05, 0) is 6.92 Å². The summed E-state index contributed by atoms with van der Waals surface area (Å²) in [6.45, 7) is 2.12. The number of hydrogen-bond acceptors (Lipinski definition) is 4. The molecule has 0 aliphatic heterocycles. The first-order valence-electron chi connectivity index (χ1n) is 3.89. The van der Waals surface area contributed by atoms with Crippen molar-refractivity contribution in [1.29, 1.82) is 0 Å². The van der Waals surface area contributed by atoms with E-state index in [1.54, 1.807) is 6.92 Å². The van der Waals surface area contributed by atoms with Crippen LogP contribution in [0.5, 0.6) is 0 Å². The van der Waals surface area contributed by atoms with E-state index in [-0.39, 0.29) is 6.04 Å². The summed E-state index contributed by atoms with van der Waals surface area (Å²) in [6.07, 6.45) is 1.03. The average molecular weight is 208 g/mol. The van der Waals surface area contributed by atoms with Gasteiger partial charge in [-0.3, -0.25) is 4.79 Å². The zero-order valence-corrected chi connectivity index (χ0v) is 8.97. The van der Waals surface area contributed by atoms with Crippen LogP contribution in [0.4, 0.5) is 0 Å². The summed E-state index contributed by atoms with van der Waals surface area (Å²) >= 11 is 0. The molecule has 13 heavy (non-hydrogen) atoms. The van der Waals surface area contributed by atoms with Gasteiger partial charge in [-0.2, -0.15) is 0 Å². The molecule has 0 fully saturated rings. The van der Waals surface area contributed by atoms with Crippen molar-refractivity contribution in [2.24, 2.45) is 5.73 Å². The van der Waals surface area contributed by atoms with Crippen molar-refractivity contribution in [2.45, 2.75) is 13.0 Å². The van der Waals surface area contributed by atoms with E-state index < -0.39 is 21.5 Å². The molecular weight excluding hydrogens is 192 g/mol. The number of rotatable bonds is 4. The molecule has 2 N–H and O–H groups in total. The topological polar surface area (TPSA) is 80.5 Å². The normalized spacial score (nSPS) is 13.8. The highest BCUT2D eigenvalue weighted by Gasteiger charge is 2.15. The van der Waals surface area contributed by atoms with Crippen LogP contribution in [-0.2, 0) is 14.6 Å². The Morgan fingerprint density at radius 2 is 2.00 bits per heavy atom. The van der Waals surface area contributed by atoms with Crippen molar-refractivity contribution in [2.75, 3.05) is 25.6 Å². The van der Waals surface area contributed by atoms with Crippen molar-refractivity contribution >= 4 is 15.7 Å². The van der Waals surface area contributed by atoms with E-state index in [1.165, 1.54) is 11.9 Å². The fourth-order valence-electron chi connectivity index (χ4n) is 0.868. The molecule has 0 radical (unpaired) electrons. The van der Waals surface area contributed by atoms with Gasteiger partial charge in [0.15, 0.2) is 9.84 Å². The average Bonchev–Trinajstić information content (AvgIpc) is 1.81. The van der Waals surface area contributed by atoms with E-state index >= 15 is 0 Å². The number of carbonyl (C=O) groups is 1. The number of likely N-dealkylation sites (N-methyl/N-ethyl adjacent to an activating group) is 1. The third-order valence-corrected chi connectivity index (χ3v) is 2.14. The van der Waals surface area contributed by atoms with Crippen molar-refractivity contribution in [3.8, 4) is 0 Å². The number of amides is 1. The zero-order chi connectivity index (χ0) is 10.6. The van der Waals surface area contributed by atoms with E-state index in [2.05, 4.69) is 0 Å². The van der Waals surface area contributed by atoms with Gasteiger partial charge in [0.2, 0.25) is 5.91 Å². The number of nitrogens with zero attached hydrogens (tertiary/aromatic N) is 1. The van der Waals surface area contributed by atoms with Crippen LogP contribution in [0.1, 0.15) is 6.92 Å². The van der Waals surface area contributed by atoms with E-state index in [1.807, 2.05) is 0 Å². The Hall–Kier alpha value is -0.620. The molecule has 0 rings (SSSR count). The molecule has 1 unspecified atom stereocenters. The minimum Gasteiger partial charge on any atom is -0.343 e. The van der Waals surface area contributed by atoms with Crippen molar-refractivity contribution in [3.05, 3.63) is 0 Å². The van der Waals surface area contributed by atoms with Crippen LogP contribution in [0.25, 0.3) is 0 Å². The maximum atomic E-state index is 11.2. The Labute approximate surface area is 78.8 Å². The fourth-order valence-corrected chi connectivity index (χ4v) is 1.54. The Balaban J connectivity index is 4.13. The summed E-state index contributed by atoms with van der Waals surface area (Å²) in [5.74, 6) is -0.865. The van der Waals surface area contributed by atoms with Crippen LogP contribution >= 0.6 is 0 Å². The second-order valence-electron chi connectivity index (χ2n) is 3.32. The largest absolute Gasteiger partial charge is 0.343 e. The molecule has 0 aromatic heterocycles. The molecular formula is C7H16N2O3S. The molecule has 0 spiro atoms. The molecule has 0 saturated carbocycles. The number of carbonyl (C=O) groups excluding carboxylic acids is 1. The summed E-state index contributed by atoms with van der Waals surface area (Å²) < 4.78 is 21.5. The van der Waals surface area contributed by atoms with Gasteiger partial charge in [-0.25, -0.2) is 8.42 Å². The maximum Gasteiger partial charge on any atom is 0.237 e. The predicted octanol–water partition coefficient (Wildman–Crippen LogP) is -1.16. The van der Waals surface area contributed by atoms with Crippen molar-refractivity contribution < 1.29 is 13.2 Å². The van der Waals surface area contributed by atoms with Crippen molar-refractivity contribution in [3.63, 3.8) is 0 Å². The summed E-state index contributed by atoms with van der Waals surface area (Å²) in [7, 11) is -1.70. The molecule has 1 amide bonds. The Kier molecular flexibility index (Phi) is 4.35. The lowest BCUT2D eigenvalue weighted by atomic mass is 10.3. The highest BCUT2D eigenvalue weighted by Crippen LogP contribution is 1.91. The highest BCUT2D eigenvalue weighted by atomic mass is 32.2. The minimum atomic E-state index is -3.24. The summed E-state index contributed by atoms with van der Waals surface area (Å²) in [6, 6.07) is -0.145. The van der Waals surface area contributed by atoms with E-state index in [9.17, 15) is 13.2 Å². The molecule has 6 heteroatoms. The molecule has 0 aliphatic rings. The number of nitrogens with two attached hydrogens (primary N) is 1. The Morgan fingerprint density at radius 3 is 2.31 bits per heavy atom. The summed E-state index contributed by atoms with van der Waals surface area (Å²) in [4.78, 5) is 12.5. The quantitative estimate of drug-likeness (QED) is 0.631. The van der Waals surface area contributed by atoms with Gasteiger partial charge < -0.3 is 10.6 Å². The molecule has 5 nitrogen and oxygen atoms in total. The zero-order valence-electron chi connectivity index (χ0n) is 8.15. The monoisotopic (exact) mass is 208 g/mol. The number of sulfone groups is 1. The standard InChI is InChI=1S/C7H16N2O3S/c1-6(8)4-9(2)7(10)5-13(3,11)12/h6H,4-5,8H2,1-3H3. The second-order valence-corrected chi connectivity index (χ2v) is 5.46. The van der Waals surface area contributed by atoms with Crippen LogP contribution in [-0.4, -0.2) is 50.9 Å². The van der Waals surface area contributed by atoms with Gasteiger partial charge in [-0.15, -0.1) is 0 Å². The van der Waals surface area contributed by atoms with Crippen LogP contribution < -0.4 is 5.73 Å². The van der Waals surface area contributed by atoms with Crippen LogP contribution in [0.3, 0.4) is 0 Å². The van der Waals surface area contributed by atoms with E-state index in [0.717, 1.165) is 6.26 Å². The first-order chi connectivity index (χ1) is 5.72. The molecule has 0 aromatic carbocycles. The Bertz CT molecular complexity index is 271. The summed E-state index contributed by atoms with van der Waals surface area (Å²) in [5.41, 5.74) is 5.45. The van der Waals surface area contributed by atoms with Crippen LogP contribution in [0.15, 0.2) is 0 Å². The van der Waals surface area contributed by atoms with Gasteiger partial charge in [-0.1, -0.05) is 0 Å². The first-order valence-corrected chi connectivity index (χ1v) is 5.95. The predicted molar refractivity (Wildman–Crippen MR) is 51.0 cm³/mol. The Morgan fingerprint density at radius 1 is 1.54 bits per heavy atom. The van der Waals surface area contributed by atoms with Gasteiger partial charge in [0.1, 0.15) is 5.75 Å². The molecule has 1 atom stereocenters. The highest BCUT2D eigenvalue weighted by molar-refractivity contribution is 7.91. The fraction of sp³-hybridized carbons (Fsp3) is 0.857. The molecule has 0 bridgehead atoms. The number of hydrogen-bond donors (Lipinski definition) is 1. The smallest absolute Gasteiger partial charge is 0.237 e. The lowest BCUT2D eigenvalue weighted by molar-refractivity contribution is -0.127. The van der Waals surface area contributed by atoms with E-state index in [0.29, 0.717) is 6.54 Å². The lowest BCUT2D eigenvalue weighted by Crippen LogP contribution is -2.39. The van der Waals surface area contributed by atoms with Crippen molar-refractivity contribution in [1.82, 2.24) is 4.90 Å². The van der Waals surface area contributed by atoms with Gasteiger partial charge in [0.25, 0.3) is 0 Å². The lowest BCUT2D eigenvalue weighted by Gasteiger charge is -2.18. The van der Waals surface area contributed by atoms with Gasteiger partial charge in [0.05, 0.1) is 0 Å².